The van der Waals surface area contributed by atoms with Crippen molar-refractivity contribution >= 4 is 23.6 Å². The average molecular weight is 308 g/mol. The van der Waals surface area contributed by atoms with Gasteiger partial charge in [0, 0.05) is 12.5 Å². The predicted molar refractivity (Wildman–Crippen MR) is 75.2 cm³/mol. The topological polar surface area (TPSA) is 122 Å². The molecule has 3 aliphatic heterocycles. The second kappa shape index (κ2) is 5.58. The summed E-state index contributed by atoms with van der Waals surface area (Å²) < 4.78 is 0. The van der Waals surface area contributed by atoms with Crippen LogP contribution in [0.15, 0.2) is 0 Å². The molecule has 0 aromatic heterocycles. The standard InChI is InChI=1S/C14H20N4O4/c15-12(20)10-5-2-7-1-3-9(14(22)18(7)10)17-13(21)8-4-6-11(19)16-8/h7-10H,1-6H2,(H2,15,20)(H,16,19)(H,17,21)/t7-,8+,9+,10+/m1/s1. The zero-order valence-electron chi connectivity index (χ0n) is 12.2. The third-order valence-electron chi connectivity index (χ3n) is 4.80. The Morgan fingerprint density at radius 2 is 1.86 bits per heavy atom. The molecule has 3 saturated heterocycles. The van der Waals surface area contributed by atoms with E-state index in [1.807, 2.05) is 0 Å². The maximum atomic E-state index is 12.6. The average Bonchev–Trinajstić information content (AvgIpc) is 3.08. The lowest BCUT2D eigenvalue weighted by Crippen LogP contribution is -2.59. The Labute approximate surface area is 127 Å². The molecule has 8 nitrogen and oxygen atoms in total. The molecular weight excluding hydrogens is 288 g/mol. The zero-order chi connectivity index (χ0) is 15.9. The van der Waals surface area contributed by atoms with Gasteiger partial charge in [-0.15, -0.1) is 0 Å². The monoisotopic (exact) mass is 308 g/mol. The van der Waals surface area contributed by atoms with Crippen LogP contribution in [0, 0.1) is 0 Å². The number of rotatable bonds is 3. The van der Waals surface area contributed by atoms with Gasteiger partial charge in [-0.2, -0.15) is 0 Å². The molecule has 4 N–H and O–H groups in total. The van der Waals surface area contributed by atoms with E-state index in [0.29, 0.717) is 25.7 Å². The minimum Gasteiger partial charge on any atom is -0.368 e. The van der Waals surface area contributed by atoms with E-state index in [1.165, 1.54) is 0 Å². The van der Waals surface area contributed by atoms with Crippen molar-refractivity contribution in [2.75, 3.05) is 0 Å². The summed E-state index contributed by atoms with van der Waals surface area (Å²) in [6.07, 6.45) is 3.44. The van der Waals surface area contributed by atoms with Gasteiger partial charge in [-0.3, -0.25) is 19.2 Å². The first-order chi connectivity index (χ1) is 10.5. The first kappa shape index (κ1) is 14.8. The zero-order valence-corrected chi connectivity index (χ0v) is 12.2. The van der Waals surface area contributed by atoms with Crippen LogP contribution >= 0.6 is 0 Å². The summed E-state index contributed by atoms with van der Waals surface area (Å²) >= 11 is 0. The summed E-state index contributed by atoms with van der Waals surface area (Å²) in [4.78, 5) is 48.9. The van der Waals surface area contributed by atoms with Crippen molar-refractivity contribution in [2.24, 2.45) is 5.73 Å². The van der Waals surface area contributed by atoms with Crippen molar-refractivity contribution in [2.45, 2.75) is 62.7 Å². The summed E-state index contributed by atoms with van der Waals surface area (Å²) in [5.41, 5.74) is 5.36. The fourth-order valence-corrected chi connectivity index (χ4v) is 3.66. The fourth-order valence-electron chi connectivity index (χ4n) is 3.66. The molecule has 0 bridgehead atoms. The van der Waals surface area contributed by atoms with E-state index in [4.69, 9.17) is 5.73 Å². The second-order valence-corrected chi connectivity index (χ2v) is 6.19. The SMILES string of the molecule is NC(=O)[C@@H]1CC[C@H]2CC[C@H](NC(=O)[C@@H]3CCC(=O)N3)C(=O)N21. The largest absolute Gasteiger partial charge is 0.368 e. The third kappa shape index (κ3) is 2.53. The van der Waals surface area contributed by atoms with Crippen LogP contribution in [0.5, 0.6) is 0 Å². The highest BCUT2D eigenvalue weighted by Gasteiger charge is 2.46. The Morgan fingerprint density at radius 3 is 2.50 bits per heavy atom. The lowest BCUT2D eigenvalue weighted by atomic mass is 9.97. The van der Waals surface area contributed by atoms with E-state index >= 15 is 0 Å². The molecule has 0 aromatic carbocycles. The van der Waals surface area contributed by atoms with Crippen LogP contribution in [-0.4, -0.2) is 52.7 Å². The lowest BCUT2D eigenvalue weighted by molar-refractivity contribution is -0.145. The van der Waals surface area contributed by atoms with Gasteiger partial charge in [0.05, 0.1) is 0 Å². The fraction of sp³-hybridized carbons (Fsp3) is 0.714. The molecule has 0 aromatic rings. The van der Waals surface area contributed by atoms with Crippen molar-refractivity contribution in [3.63, 3.8) is 0 Å². The quantitative estimate of drug-likeness (QED) is 0.580. The first-order valence-corrected chi connectivity index (χ1v) is 7.68. The van der Waals surface area contributed by atoms with Gasteiger partial charge in [0.1, 0.15) is 18.1 Å². The smallest absolute Gasteiger partial charge is 0.246 e. The minimum absolute atomic E-state index is 0.0457. The van der Waals surface area contributed by atoms with Crippen LogP contribution in [-0.2, 0) is 19.2 Å². The van der Waals surface area contributed by atoms with Crippen molar-refractivity contribution < 1.29 is 19.2 Å². The van der Waals surface area contributed by atoms with E-state index in [-0.39, 0.29) is 23.8 Å². The lowest BCUT2D eigenvalue weighted by Gasteiger charge is -2.37. The highest BCUT2D eigenvalue weighted by molar-refractivity contribution is 5.96. The van der Waals surface area contributed by atoms with Gasteiger partial charge >= 0.3 is 0 Å². The normalized spacial score (nSPS) is 34.3. The molecule has 4 amide bonds. The van der Waals surface area contributed by atoms with Crippen molar-refractivity contribution in [3.05, 3.63) is 0 Å². The number of carbonyl (C=O) groups excluding carboxylic acids is 4. The molecule has 0 unspecified atom stereocenters. The maximum absolute atomic E-state index is 12.6. The molecule has 3 heterocycles. The first-order valence-electron chi connectivity index (χ1n) is 7.68. The summed E-state index contributed by atoms with van der Waals surface area (Å²) in [5, 5.41) is 5.29. The van der Waals surface area contributed by atoms with Crippen LogP contribution in [0.1, 0.15) is 38.5 Å². The van der Waals surface area contributed by atoms with Crippen molar-refractivity contribution in [3.8, 4) is 0 Å². The molecule has 22 heavy (non-hydrogen) atoms. The van der Waals surface area contributed by atoms with Gasteiger partial charge in [-0.05, 0) is 32.1 Å². The van der Waals surface area contributed by atoms with Crippen LogP contribution < -0.4 is 16.4 Å². The molecule has 0 spiro atoms. The van der Waals surface area contributed by atoms with E-state index in [9.17, 15) is 19.2 Å². The number of nitrogens with two attached hydrogens (primary N) is 1. The molecule has 120 valence electrons. The number of primary amides is 1. The van der Waals surface area contributed by atoms with Crippen LogP contribution in [0.2, 0.25) is 0 Å². The van der Waals surface area contributed by atoms with Gasteiger partial charge in [0.25, 0.3) is 0 Å². The van der Waals surface area contributed by atoms with Gasteiger partial charge in [0.15, 0.2) is 0 Å². The number of hydrogen-bond acceptors (Lipinski definition) is 4. The van der Waals surface area contributed by atoms with Gasteiger partial charge < -0.3 is 21.3 Å². The minimum atomic E-state index is -0.638. The van der Waals surface area contributed by atoms with E-state index in [0.717, 1.165) is 12.8 Å². The number of piperidine rings is 1. The molecule has 0 radical (unpaired) electrons. The van der Waals surface area contributed by atoms with Crippen LogP contribution in [0.25, 0.3) is 0 Å². The van der Waals surface area contributed by atoms with Gasteiger partial charge in [-0.1, -0.05) is 0 Å². The van der Waals surface area contributed by atoms with Crippen molar-refractivity contribution in [1.82, 2.24) is 15.5 Å². The van der Waals surface area contributed by atoms with Gasteiger partial charge in [0.2, 0.25) is 23.6 Å². The highest BCUT2D eigenvalue weighted by Crippen LogP contribution is 2.32. The Kier molecular flexibility index (Phi) is 3.76. The number of nitrogens with zero attached hydrogens (tertiary/aromatic N) is 1. The number of amides is 4. The Bertz CT molecular complexity index is 535. The van der Waals surface area contributed by atoms with Crippen LogP contribution in [0.4, 0.5) is 0 Å². The summed E-state index contributed by atoms with van der Waals surface area (Å²) in [7, 11) is 0. The summed E-state index contributed by atoms with van der Waals surface area (Å²) in [6.45, 7) is 0. The van der Waals surface area contributed by atoms with E-state index < -0.39 is 24.0 Å². The molecule has 3 rings (SSSR count). The molecule has 0 saturated carbocycles. The molecule has 0 aliphatic carbocycles. The Morgan fingerprint density at radius 1 is 1.14 bits per heavy atom. The van der Waals surface area contributed by atoms with E-state index in [2.05, 4.69) is 10.6 Å². The number of carbonyl (C=O) groups is 4. The maximum Gasteiger partial charge on any atom is 0.246 e. The molecule has 8 heteroatoms. The predicted octanol–water partition coefficient (Wildman–Crippen LogP) is -1.61. The summed E-state index contributed by atoms with van der Waals surface area (Å²) in [5.74, 6) is -1.22. The van der Waals surface area contributed by atoms with Crippen molar-refractivity contribution in [1.29, 1.82) is 0 Å². The number of nitrogens with one attached hydrogen (secondary N) is 2. The Hall–Kier alpha value is -2.12. The van der Waals surface area contributed by atoms with E-state index in [1.54, 1.807) is 4.90 Å². The summed E-state index contributed by atoms with van der Waals surface area (Å²) in [6, 6.07) is -1.72. The molecule has 4 atom stereocenters. The Balaban J connectivity index is 1.65. The third-order valence-corrected chi connectivity index (χ3v) is 4.80. The molecule has 3 fully saturated rings. The second-order valence-electron chi connectivity index (χ2n) is 6.19. The number of fused-ring (bicyclic) bond motifs is 1. The van der Waals surface area contributed by atoms with Gasteiger partial charge in [-0.25, -0.2) is 0 Å². The molecular formula is C14H20N4O4. The molecule has 3 aliphatic rings. The van der Waals surface area contributed by atoms with Crippen LogP contribution in [0.3, 0.4) is 0 Å². The highest BCUT2D eigenvalue weighted by atomic mass is 16.2. The number of hydrogen-bond donors (Lipinski definition) is 3.